The summed E-state index contributed by atoms with van der Waals surface area (Å²) in [6.45, 7) is 0. The van der Waals surface area contributed by atoms with Gasteiger partial charge in [-0.15, -0.1) is 0 Å². The normalized spacial score (nSPS) is 11.5. The Labute approximate surface area is 302 Å². The maximum absolute atomic E-state index is 6.63. The lowest BCUT2D eigenvalue weighted by atomic mass is 9.95. The molecule has 0 aliphatic heterocycles. The van der Waals surface area contributed by atoms with Gasteiger partial charge in [0.2, 0.25) is 0 Å². The summed E-state index contributed by atoms with van der Waals surface area (Å²) in [4.78, 5) is 2.39. The summed E-state index contributed by atoms with van der Waals surface area (Å²) < 4.78 is 6.63. The topological polar surface area (TPSA) is 16.4 Å². The van der Waals surface area contributed by atoms with E-state index < -0.39 is 0 Å². The Hall–Kier alpha value is -6.90. The van der Waals surface area contributed by atoms with Crippen molar-refractivity contribution in [1.29, 1.82) is 0 Å². The molecule has 0 fully saturated rings. The van der Waals surface area contributed by atoms with Crippen molar-refractivity contribution in [3.63, 3.8) is 0 Å². The van der Waals surface area contributed by atoms with Crippen LogP contribution in [0.3, 0.4) is 0 Å². The van der Waals surface area contributed by atoms with Crippen LogP contribution in [0.15, 0.2) is 205 Å². The largest absolute Gasteiger partial charge is 0.455 e. The van der Waals surface area contributed by atoms with Crippen LogP contribution in [0.1, 0.15) is 0 Å². The van der Waals surface area contributed by atoms with Crippen LogP contribution in [0.5, 0.6) is 0 Å². The third-order valence-corrected chi connectivity index (χ3v) is 10.2. The molecule has 0 radical (unpaired) electrons. The number of para-hydroxylation sites is 1. The minimum atomic E-state index is 0.885. The fraction of sp³-hybridized carbons (Fsp3) is 0. The number of rotatable bonds is 6. The molecule has 2 nitrogen and oxygen atoms in total. The van der Waals surface area contributed by atoms with Crippen molar-refractivity contribution in [2.45, 2.75) is 0 Å². The van der Waals surface area contributed by atoms with E-state index in [2.05, 4.69) is 205 Å². The monoisotopic (exact) mass is 663 g/mol. The predicted molar refractivity (Wildman–Crippen MR) is 220 cm³/mol. The van der Waals surface area contributed by atoms with E-state index in [0.717, 1.165) is 55.5 Å². The van der Waals surface area contributed by atoms with Crippen LogP contribution in [-0.2, 0) is 0 Å². The first-order valence-electron chi connectivity index (χ1n) is 17.8. The minimum absolute atomic E-state index is 0.885. The summed E-state index contributed by atoms with van der Waals surface area (Å²) in [5, 5.41) is 7.04. The van der Waals surface area contributed by atoms with Crippen molar-refractivity contribution in [3.8, 4) is 33.4 Å². The zero-order valence-electron chi connectivity index (χ0n) is 28.4. The Balaban J connectivity index is 1.17. The SMILES string of the molecule is c1ccc(-c2cccc(N(c3ccc(-c4ccc5ccccc5c4)cc3)c3ccccc3-c3cccc4oc5c6ccccc6ccc5c34)c2)cc1. The molecular formula is C50H33NO. The van der Waals surface area contributed by atoms with Gasteiger partial charge >= 0.3 is 0 Å². The van der Waals surface area contributed by atoms with E-state index in [9.17, 15) is 0 Å². The van der Waals surface area contributed by atoms with Gasteiger partial charge < -0.3 is 9.32 Å². The Morgan fingerprint density at radius 2 is 0.981 bits per heavy atom. The number of fused-ring (bicyclic) bond motifs is 6. The molecule has 1 heterocycles. The molecule has 0 saturated carbocycles. The fourth-order valence-electron chi connectivity index (χ4n) is 7.73. The Morgan fingerprint density at radius 3 is 1.87 bits per heavy atom. The molecule has 0 unspecified atom stereocenters. The lowest BCUT2D eigenvalue weighted by Crippen LogP contribution is -2.11. The second-order valence-corrected chi connectivity index (χ2v) is 13.3. The highest BCUT2D eigenvalue weighted by Gasteiger charge is 2.21. The fourth-order valence-corrected chi connectivity index (χ4v) is 7.73. The molecule has 0 aliphatic rings. The van der Waals surface area contributed by atoms with Gasteiger partial charge in [-0.1, -0.05) is 152 Å². The molecule has 9 aromatic carbocycles. The van der Waals surface area contributed by atoms with Crippen molar-refractivity contribution >= 4 is 60.5 Å². The zero-order valence-corrected chi connectivity index (χ0v) is 28.4. The van der Waals surface area contributed by atoms with E-state index in [4.69, 9.17) is 4.42 Å². The summed E-state index contributed by atoms with van der Waals surface area (Å²) in [6, 6.07) is 71.7. The smallest absolute Gasteiger partial charge is 0.143 e. The second kappa shape index (κ2) is 12.5. The molecule has 0 atom stereocenters. The molecule has 0 spiro atoms. The molecule has 10 rings (SSSR count). The van der Waals surface area contributed by atoms with Gasteiger partial charge in [0.25, 0.3) is 0 Å². The highest BCUT2D eigenvalue weighted by Crippen LogP contribution is 2.46. The zero-order chi connectivity index (χ0) is 34.4. The van der Waals surface area contributed by atoms with Crippen LogP contribution in [0.4, 0.5) is 17.1 Å². The Bertz CT molecular complexity index is 2900. The van der Waals surface area contributed by atoms with Gasteiger partial charge in [0.1, 0.15) is 11.2 Å². The number of nitrogens with zero attached hydrogens (tertiary/aromatic N) is 1. The Morgan fingerprint density at radius 1 is 0.346 bits per heavy atom. The summed E-state index contributed by atoms with van der Waals surface area (Å²) >= 11 is 0. The maximum atomic E-state index is 6.63. The predicted octanol–water partition coefficient (Wildman–Crippen LogP) is 14.4. The Kier molecular flexibility index (Phi) is 7.18. The number of benzene rings is 9. The van der Waals surface area contributed by atoms with Crippen LogP contribution < -0.4 is 4.90 Å². The molecule has 0 aliphatic carbocycles. The number of hydrogen-bond acceptors (Lipinski definition) is 2. The lowest BCUT2D eigenvalue weighted by Gasteiger charge is -2.28. The van der Waals surface area contributed by atoms with Crippen LogP contribution >= 0.6 is 0 Å². The summed E-state index contributed by atoms with van der Waals surface area (Å²) in [5.74, 6) is 0. The summed E-state index contributed by atoms with van der Waals surface area (Å²) in [7, 11) is 0. The number of anilines is 3. The van der Waals surface area contributed by atoms with E-state index in [1.807, 2.05) is 0 Å². The molecule has 52 heavy (non-hydrogen) atoms. The van der Waals surface area contributed by atoms with Crippen LogP contribution in [0, 0.1) is 0 Å². The van der Waals surface area contributed by atoms with Crippen molar-refractivity contribution in [1.82, 2.24) is 0 Å². The lowest BCUT2D eigenvalue weighted by molar-refractivity contribution is 0.673. The van der Waals surface area contributed by atoms with Crippen LogP contribution in [0.2, 0.25) is 0 Å². The summed E-state index contributed by atoms with van der Waals surface area (Å²) in [5.41, 5.74) is 12.1. The van der Waals surface area contributed by atoms with E-state index in [1.54, 1.807) is 0 Å². The molecular weight excluding hydrogens is 631 g/mol. The van der Waals surface area contributed by atoms with Crippen molar-refractivity contribution in [2.24, 2.45) is 0 Å². The van der Waals surface area contributed by atoms with Gasteiger partial charge in [-0.3, -0.25) is 0 Å². The van der Waals surface area contributed by atoms with Crippen molar-refractivity contribution in [3.05, 3.63) is 200 Å². The molecule has 10 aromatic rings. The van der Waals surface area contributed by atoms with E-state index in [0.29, 0.717) is 0 Å². The molecule has 0 bridgehead atoms. The molecule has 0 amide bonds. The van der Waals surface area contributed by atoms with Gasteiger partial charge in [-0.05, 0) is 92.5 Å². The third kappa shape index (κ3) is 5.12. The molecule has 244 valence electrons. The standard InChI is InChI=1S/C50H33NO/c1-2-12-34(13-3-1)39-17-10-18-42(33-39)51(41-29-26-36(27-30-41)40-25-24-35-14-4-5-16-38(35)32-40)47-22-9-8-20-44(47)45-21-11-23-48-49(45)46-31-28-37-15-6-7-19-43(37)50(46)52-48/h1-33H. The first-order valence-corrected chi connectivity index (χ1v) is 17.8. The van der Waals surface area contributed by atoms with Gasteiger partial charge in [-0.25, -0.2) is 0 Å². The van der Waals surface area contributed by atoms with E-state index in [-0.39, 0.29) is 0 Å². The quantitative estimate of drug-likeness (QED) is 0.176. The molecule has 2 heteroatoms. The van der Waals surface area contributed by atoms with E-state index in [1.165, 1.54) is 38.4 Å². The molecule has 1 aromatic heterocycles. The van der Waals surface area contributed by atoms with E-state index >= 15 is 0 Å². The average molecular weight is 664 g/mol. The molecule has 0 saturated heterocycles. The van der Waals surface area contributed by atoms with Gasteiger partial charge in [-0.2, -0.15) is 0 Å². The van der Waals surface area contributed by atoms with Crippen molar-refractivity contribution < 1.29 is 4.42 Å². The van der Waals surface area contributed by atoms with Crippen molar-refractivity contribution in [2.75, 3.05) is 4.90 Å². The van der Waals surface area contributed by atoms with Gasteiger partial charge in [0.05, 0.1) is 5.69 Å². The summed E-state index contributed by atoms with van der Waals surface area (Å²) in [6.07, 6.45) is 0. The third-order valence-electron chi connectivity index (χ3n) is 10.2. The highest BCUT2D eigenvalue weighted by atomic mass is 16.3. The average Bonchev–Trinajstić information content (AvgIpc) is 3.62. The maximum Gasteiger partial charge on any atom is 0.143 e. The number of furan rings is 1. The van der Waals surface area contributed by atoms with Crippen LogP contribution in [-0.4, -0.2) is 0 Å². The second-order valence-electron chi connectivity index (χ2n) is 13.3. The van der Waals surface area contributed by atoms with Crippen LogP contribution in [0.25, 0.3) is 76.9 Å². The van der Waals surface area contributed by atoms with Gasteiger partial charge in [0, 0.05) is 33.1 Å². The molecule has 0 N–H and O–H groups in total. The first kappa shape index (κ1) is 30.0. The first-order chi connectivity index (χ1) is 25.8. The number of hydrogen-bond donors (Lipinski definition) is 0. The van der Waals surface area contributed by atoms with Gasteiger partial charge in [0.15, 0.2) is 0 Å². The minimum Gasteiger partial charge on any atom is -0.455 e. The highest BCUT2D eigenvalue weighted by molar-refractivity contribution is 6.19.